The molecule has 0 saturated heterocycles. The highest BCUT2D eigenvalue weighted by Crippen LogP contribution is 2.10. The topological polar surface area (TPSA) is 70.6 Å². The molecule has 0 bridgehead atoms. The first-order chi connectivity index (χ1) is 8.46. The molecule has 18 heavy (non-hydrogen) atoms. The Morgan fingerprint density at radius 3 is 2.44 bits per heavy atom. The maximum atomic E-state index is 11.6. The highest BCUT2D eigenvalue weighted by atomic mass is 16.5. The number of aliphatic hydroxyl groups is 1. The van der Waals surface area contributed by atoms with E-state index in [0.717, 1.165) is 11.3 Å². The first-order valence-corrected chi connectivity index (χ1v) is 5.76. The molecule has 3 N–H and O–H groups in total. The van der Waals surface area contributed by atoms with Crippen molar-refractivity contribution < 1.29 is 14.6 Å². The lowest BCUT2D eigenvalue weighted by molar-refractivity contribution is 0.182. The number of carbonyl (C=O) groups is 1. The fourth-order valence-corrected chi connectivity index (χ4v) is 1.32. The SMILES string of the molecule is COc1ccc(CNC(=O)NC(C)(C)CO)cc1. The number of nitrogens with one attached hydrogen (secondary N) is 2. The van der Waals surface area contributed by atoms with Crippen molar-refractivity contribution >= 4 is 6.03 Å². The number of aliphatic hydroxyl groups excluding tert-OH is 1. The van der Waals surface area contributed by atoms with Crippen molar-refractivity contribution in [2.45, 2.75) is 25.9 Å². The Morgan fingerprint density at radius 1 is 1.33 bits per heavy atom. The lowest BCUT2D eigenvalue weighted by atomic mass is 10.1. The van der Waals surface area contributed by atoms with Gasteiger partial charge in [-0.25, -0.2) is 4.79 Å². The summed E-state index contributed by atoms with van der Waals surface area (Å²) >= 11 is 0. The number of amides is 2. The lowest BCUT2D eigenvalue weighted by Crippen LogP contribution is -2.50. The van der Waals surface area contributed by atoms with Crippen molar-refractivity contribution in [3.8, 4) is 5.75 Å². The van der Waals surface area contributed by atoms with E-state index < -0.39 is 5.54 Å². The third-order valence-electron chi connectivity index (χ3n) is 2.46. The zero-order valence-corrected chi connectivity index (χ0v) is 11.0. The van der Waals surface area contributed by atoms with Gasteiger partial charge < -0.3 is 20.5 Å². The van der Waals surface area contributed by atoms with Gasteiger partial charge in [0.15, 0.2) is 0 Å². The second-order valence-electron chi connectivity index (χ2n) is 4.70. The van der Waals surface area contributed by atoms with E-state index in [-0.39, 0.29) is 12.6 Å². The summed E-state index contributed by atoms with van der Waals surface area (Å²) in [5.41, 5.74) is 0.358. The second-order valence-corrected chi connectivity index (χ2v) is 4.70. The van der Waals surface area contributed by atoms with E-state index in [0.29, 0.717) is 6.54 Å². The molecule has 0 aliphatic heterocycles. The minimum Gasteiger partial charge on any atom is -0.497 e. The van der Waals surface area contributed by atoms with Crippen LogP contribution in [-0.4, -0.2) is 30.4 Å². The van der Waals surface area contributed by atoms with Gasteiger partial charge in [0.05, 0.1) is 19.3 Å². The third-order valence-corrected chi connectivity index (χ3v) is 2.46. The van der Waals surface area contributed by atoms with Gasteiger partial charge in [-0.15, -0.1) is 0 Å². The van der Waals surface area contributed by atoms with E-state index in [1.165, 1.54) is 0 Å². The Balaban J connectivity index is 2.42. The van der Waals surface area contributed by atoms with Crippen molar-refractivity contribution in [3.63, 3.8) is 0 Å². The van der Waals surface area contributed by atoms with Gasteiger partial charge in [-0.3, -0.25) is 0 Å². The highest BCUT2D eigenvalue weighted by Gasteiger charge is 2.18. The molecular weight excluding hydrogens is 232 g/mol. The smallest absolute Gasteiger partial charge is 0.315 e. The molecule has 100 valence electrons. The minimum atomic E-state index is -0.621. The standard InChI is InChI=1S/C13H20N2O3/c1-13(2,9-16)15-12(17)14-8-10-4-6-11(18-3)7-5-10/h4-7,16H,8-9H2,1-3H3,(H2,14,15,17). The fraction of sp³-hybridized carbons (Fsp3) is 0.462. The lowest BCUT2D eigenvalue weighted by Gasteiger charge is -2.23. The molecule has 1 aromatic rings. The van der Waals surface area contributed by atoms with Crippen LogP contribution in [0, 0.1) is 0 Å². The van der Waals surface area contributed by atoms with Crippen LogP contribution in [0.2, 0.25) is 0 Å². The maximum Gasteiger partial charge on any atom is 0.315 e. The summed E-state index contributed by atoms with van der Waals surface area (Å²) in [7, 11) is 1.61. The van der Waals surface area contributed by atoms with Crippen molar-refractivity contribution in [2.75, 3.05) is 13.7 Å². The van der Waals surface area contributed by atoms with Crippen LogP contribution in [0.1, 0.15) is 19.4 Å². The molecule has 0 spiro atoms. The number of methoxy groups -OCH3 is 1. The Morgan fingerprint density at radius 2 is 1.94 bits per heavy atom. The molecule has 0 atom stereocenters. The zero-order chi connectivity index (χ0) is 13.6. The van der Waals surface area contributed by atoms with Gasteiger partial charge in [0.1, 0.15) is 5.75 Å². The quantitative estimate of drug-likeness (QED) is 0.739. The van der Waals surface area contributed by atoms with Gasteiger partial charge in [-0.2, -0.15) is 0 Å². The van der Waals surface area contributed by atoms with E-state index in [1.54, 1.807) is 21.0 Å². The number of hydrogen-bond donors (Lipinski definition) is 3. The molecule has 0 heterocycles. The highest BCUT2D eigenvalue weighted by molar-refractivity contribution is 5.74. The van der Waals surface area contributed by atoms with Crippen LogP contribution in [0.5, 0.6) is 5.75 Å². The van der Waals surface area contributed by atoms with Crippen molar-refractivity contribution in [3.05, 3.63) is 29.8 Å². The average molecular weight is 252 g/mol. The van der Waals surface area contributed by atoms with E-state index in [1.807, 2.05) is 24.3 Å². The maximum absolute atomic E-state index is 11.6. The fourth-order valence-electron chi connectivity index (χ4n) is 1.32. The first kappa shape index (κ1) is 14.3. The molecule has 0 radical (unpaired) electrons. The third kappa shape index (κ3) is 4.63. The summed E-state index contributed by atoms with van der Waals surface area (Å²) in [5.74, 6) is 0.782. The van der Waals surface area contributed by atoms with E-state index in [9.17, 15) is 4.79 Å². The number of benzene rings is 1. The summed E-state index contributed by atoms with van der Waals surface area (Å²) < 4.78 is 5.05. The summed E-state index contributed by atoms with van der Waals surface area (Å²) in [5, 5.41) is 14.4. The van der Waals surface area contributed by atoms with Crippen molar-refractivity contribution in [2.24, 2.45) is 0 Å². The van der Waals surface area contributed by atoms with Crippen LogP contribution in [0.3, 0.4) is 0 Å². The van der Waals surface area contributed by atoms with E-state index >= 15 is 0 Å². The molecule has 0 aromatic heterocycles. The molecule has 5 nitrogen and oxygen atoms in total. The number of urea groups is 1. The Hall–Kier alpha value is -1.75. The summed E-state index contributed by atoms with van der Waals surface area (Å²) in [4.78, 5) is 11.6. The molecule has 5 heteroatoms. The first-order valence-electron chi connectivity index (χ1n) is 5.76. The predicted octanol–water partition coefficient (Wildman–Crippen LogP) is 1.27. The molecule has 0 unspecified atom stereocenters. The summed E-state index contributed by atoms with van der Waals surface area (Å²) in [6, 6.07) is 7.15. The number of ether oxygens (including phenoxy) is 1. The normalized spacial score (nSPS) is 10.9. The Labute approximate surface area is 107 Å². The van der Waals surface area contributed by atoms with Gasteiger partial charge in [0.25, 0.3) is 0 Å². The van der Waals surface area contributed by atoms with Crippen LogP contribution in [-0.2, 0) is 6.54 Å². The number of hydrogen-bond acceptors (Lipinski definition) is 3. The van der Waals surface area contributed by atoms with Crippen molar-refractivity contribution in [1.82, 2.24) is 10.6 Å². The van der Waals surface area contributed by atoms with Gasteiger partial charge in [-0.1, -0.05) is 12.1 Å². The van der Waals surface area contributed by atoms with E-state index in [4.69, 9.17) is 9.84 Å². The Kier molecular flexibility index (Phi) is 4.97. The van der Waals surface area contributed by atoms with Crippen LogP contribution < -0.4 is 15.4 Å². The second kappa shape index (κ2) is 6.26. The van der Waals surface area contributed by atoms with Crippen molar-refractivity contribution in [1.29, 1.82) is 0 Å². The van der Waals surface area contributed by atoms with Gasteiger partial charge in [-0.05, 0) is 31.5 Å². The van der Waals surface area contributed by atoms with Gasteiger partial charge in [0, 0.05) is 6.54 Å². The molecule has 0 fully saturated rings. The van der Waals surface area contributed by atoms with Gasteiger partial charge >= 0.3 is 6.03 Å². The molecule has 0 saturated carbocycles. The van der Waals surface area contributed by atoms with Gasteiger partial charge in [0.2, 0.25) is 0 Å². The molecule has 1 aromatic carbocycles. The van der Waals surface area contributed by atoms with Crippen LogP contribution >= 0.6 is 0 Å². The number of rotatable bonds is 5. The average Bonchev–Trinajstić information content (AvgIpc) is 2.36. The predicted molar refractivity (Wildman–Crippen MR) is 69.5 cm³/mol. The Bertz CT molecular complexity index is 388. The minimum absolute atomic E-state index is 0.108. The van der Waals surface area contributed by atoms with Crippen LogP contribution in [0.15, 0.2) is 24.3 Å². The molecule has 2 amide bonds. The molecule has 0 aliphatic rings. The zero-order valence-electron chi connectivity index (χ0n) is 11.0. The molecular formula is C13H20N2O3. The van der Waals surface area contributed by atoms with Crippen LogP contribution in [0.4, 0.5) is 4.79 Å². The van der Waals surface area contributed by atoms with E-state index in [2.05, 4.69) is 10.6 Å². The molecule has 1 rings (SSSR count). The monoisotopic (exact) mass is 252 g/mol. The number of carbonyl (C=O) groups excluding carboxylic acids is 1. The molecule has 0 aliphatic carbocycles. The summed E-state index contributed by atoms with van der Waals surface area (Å²) in [6.07, 6.45) is 0. The van der Waals surface area contributed by atoms with Crippen LogP contribution in [0.25, 0.3) is 0 Å². The largest absolute Gasteiger partial charge is 0.497 e. The summed E-state index contributed by atoms with van der Waals surface area (Å²) in [6.45, 7) is 3.82.